The number of hydrogen-bond acceptors (Lipinski definition) is 28. The number of carbonyl (C=O) groups is 3. The van der Waals surface area contributed by atoms with Crippen LogP contribution in [0, 0.1) is 20.8 Å². The second kappa shape index (κ2) is 32.7. The first kappa shape index (κ1) is 80.2. The number of rotatable bonds is 17. The Labute approximate surface area is 577 Å². The Morgan fingerprint density at radius 3 is 1.18 bits per heavy atom. The summed E-state index contributed by atoms with van der Waals surface area (Å²) in [6.07, 6.45) is 0.524. The fourth-order valence-electron chi connectivity index (χ4n) is 10.0. The van der Waals surface area contributed by atoms with Gasteiger partial charge >= 0.3 is 64.0 Å². The molecule has 3 saturated heterocycles. The van der Waals surface area contributed by atoms with Crippen molar-refractivity contribution < 1.29 is 147 Å². The molecule has 101 heavy (non-hydrogen) atoms. The smallest absolute Gasteiger partial charge is 0.457 e. The van der Waals surface area contributed by atoms with Gasteiger partial charge < -0.3 is 77.8 Å². The standard InChI is InChI=1S/C22H27NO10P2.C20H25NO11P2.C19H23NO10P2/c1-15-9-10-19(31-21(24)30-17-7-3-2-4-8-17)18(12-15)20-32-34(26,27)22(25,35(28,29)33-20)13-16-6-5-11-23-14-16;1-13(2)30-19(22)29-12-28-17-9-14(3)6-7-16(17)18-31-33(24,25)20(23,34(26,27)32-18)10-15-5-4-8-21-11-15;1-12(2)27-18(21)28-16-7-6-13(3)9-15(16)17-29-31(23,24)19(22,32(25,26)30-17)10-14-5-4-8-20-11-14/h5-6,9-12,14,17,20,25H,2-4,7-8,13H2,1H3,(H,26,27)(H,28,29);4-9,11,13,18,23H,10,12H2,1-3H3,(H,24,25)(H,26,27);4-9,11-12,17,22H,10H2,1-3H3,(H,23,24)(H,25,26). The van der Waals surface area contributed by atoms with Gasteiger partial charge in [0.2, 0.25) is 25.7 Å². The van der Waals surface area contributed by atoms with Gasteiger partial charge in [-0.15, -0.1) is 0 Å². The number of aromatic nitrogens is 3. The van der Waals surface area contributed by atoms with Crippen LogP contribution in [0.2, 0.25) is 0 Å². The van der Waals surface area contributed by atoms with Crippen molar-refractivity contribution in [3.8, 4) is 17.2 Å². The van der Waals surface area contributed by atoms with E-state index in [1.165, 1.54) is 110 Å². The fourth-order valence-corrected chi connectivity index (χ4v) is 20.7. The molecule has 34 nitrogen and oxygen atoms in total. The van der Waals surface area contributed by atoms with Crippen LogP contribution in [0.5, 0.6) is 17.2 Å². The Morgan fingerprint density at radius 2 is 0.812 bits per heavy atom. The van der Waals surface area contributed by atoms with Crippen molar-refractivity contribution in [2.75, 3.05) is 6.79 Å². The lowest BCUT2D eigenvalue weighted by Gasteiger charge is -2.41. The van der Waals surface area contributed by atoms with Crippen LogP contribution in [0.15, 0.2) is 128 Å². The van der Waals surface area contributed by atoms with Crippen molar-refractivity contribution in [1.29, 1.82) is 0 Å². The Kier molecular flexibility index (Phi) is 25.9. The van der Waals surface area contributed by atoms with Crippen molar-refractivity contribution in [3.05, 3.63) is 178 Å². The van der Waals surface area contributed by atoms with E-state index in [1.807, 2.05) is 0 Å². The zero-order valence-electron chi connectivity index (χ0n) is 55.0. The summed E-state index contributed by atoms with van der Waals surface area (Å²) < 4.78 is 145. The normalized spacial score (nSPS) is 30.3. The minimum atomic E-state index is -5.20. The summed E-state index contributed by atoms with van der Waals surface area (Å²) in [6, 6.07) is 22.0. The zero-order valence-corrected chi connectivity index (χ0v) is 60.4. The highest BCUT2D eigenvalue weighted by Crippen LogP contribution is 2.82. The van der Waals surface area contributed by atoms with Crippen molar-refractivity contribution in [1.82, 2.24) is 15.0 Å². The van der Waals surface area contributed by atoms with Crippen molar-refractivity contribution in [2.45, 2.75) is 152 Å². The summed E-state index contributed by atoms with van der Waals surface area (Å²) in [5, 5.41) is 23.1. The van der Waals surface area contributed by atoms with E-state index in [9.17, 15) is 86.5 Å². The van der Waals surface area contributed by atoms with E-state index in [1.54, 1.807) is 66.7 Å². The molecule has 1 aliphatic carbocycles. The van der Waals surface area contributed by atoms with Crippen molar-refractivity contribution in [3.63, 3.8) is 0 Å². The molecule has 0 spiro atoms. The van der Waals surface area contributed by atoms with Gasteiger partial charge in [0.15, 0.2) is 0 Å². The molecule has 0 amide bonds. The van der Waals surface area contributed by atoms with Crippen LogP contribution in [0.3, 0.4) is 0 Å². The predicted octanol–water partition coefficient (Wildman–Crippen LogP) is 11.8. The second-order valence-electron chi connectivity index (χ2n) is 23.9. The zero-order chi connectivity index (χ0) is 74.2. The van der Waals surface area contributed by atoms with Gasteiger partial charge in [0.25, 0.3) is 15.2 Å². The van der Waals surface area contributed by atoms with Gasteiger partial charge in [-0.3, -0.25) is 69.5 Å². The monoisotopic (exact) mass is 1530 g/mol. The van der Waals surface area contributed by atoms with E-state index in [2.05, 4.69) is 15.0 Å². The quantitative estimate of drug-likeness (QED) is 0.0135. The number of hydrogen-bond donors (Lipinski definition) is 9. The molecule has 10 rings (SSSR count). The molecule has 6 heterocycles. The van der Waals surface area contributed by atoms with E-state index < -0.39 is 136 Å². The Hall–Kier alpha value is -6.50. The van der Waals surface area contributed by atoms with E-state index in [-0.39, 0.29) is 56.7 Å². The summed E-state index contributed by atoms with van der Waals surface area (Å²) in [5.74, 6) is -0.330. The first-order chi connectivity index (χ1) is 47.2. The number of nitrogens with zero attached hydrogens (tertiary/aromatic N) is 3. The largest absolute Gasteiger partial charge is 0.514 e. The van der Waals surface area contributed by atoms with Gasteiger partial charge in [-0.2, -0.15) is 0 Å². The number of benzene rings is 3. The molecule has 0 radical (unpaired) electrons. The summed E-state index contributed by atoms with van der Waals surface area (Å²) in [7, 11) is -31.1. The van der Waals surface area contributed by atoms with Crippen LogP contribution < -0.4 is 14.2 Å². The minimum Gasteiger partial charge on any atom is -0.457 e. The van der Waals surface area contributed by atoms with E-state index in [0.29, 0.717) is 16.7 Å². The lowest BCUT2D eigenvalue weighted by Crippen LogP contribution is -2.38. The molecule has 4 aliphatic rings. The lowest BCUT2D eigenvalue weighted by atomic mass is 9.98. The molecule has 4 fully saturated rings. The highest BCUT2D eigenvalue weighted by Gasteiger charge is 2.70. The van der Waals surface area contributed by atoms with Gasteiger partial charge in [-0.25, -0.2) is 14.4 Å². The number of carbonyl (C=O) groups excluding carboxylic acids is 3. The highest BCUT2D eigenvalue weighted by atomic mass is 31.3. The number of pyridine rings is 3. The topological polar surface area (TPSA) is 494 Å². The Bertz CT molecular complexity index is 4150. The number of aliphatic hydroxyl groups is 3. The number of aryl methyl sites for hydroxylation is 3. The maximum atomic E-state index is 13.1. The third kappa shape index (κ3) is 19.3. The van der Waals surface area contributed by atoms with Crippen LogP contribution in [-0.4, -0.2) is 118 Å². The molecule has 3 aromatic heterocycles. The maximum absolute atomic E-state index is 13.1. The molecule has 550 valence electrons. The van der Waals surface area contributed by atoms with Crippen molar-refractivity contribution in [2.24, 2.45) is 0 Å². The molecule has 6 atom stereocenters. The lowest BCUT2D eigenvalue weighted by molar-refractivity contribution is -0.0610. The average Bonchev–Trinajstić information content (AvgIpc) is 0.738. The third-order valence-corrected chi connectivity index (χ3v) is 28.9. The third-order valence-electron chi connectivity index (χ3n) is 15.2. The predicted molar refractivity (Wildman–Crippen MR) is 350 cm³/mol. The SMILES string of the molecule is Cc1ccc(C2OP(=O)(O)C(O)(Cc3cccnc3)P(=O)(O)O2)c(OCOC(=O)OC(C)C)c1.Cc1ccc(OC(=O)OC(C)C)c(C2OP(=O)(O)C(O)(Cc3cccnc3)P(=O)(O)O2)c1.Cc1ccc(OC(=O)OC2CCCCC2)c(C2OP(=O)(O)C(O)(Cc3cccnc3)P(=O)(O)O2)c1. The second-order valence-corrected chi connectivity index (χ2v) is 36.9. The Balaban J connectivity index is 0.000000193. The highest BCUT2D eigenvalue weighted by molar-refractivity contribution is 7.74. The molecule has 6 aromatic rings. The Morgan fingerprint density at radius 1 is 0.465 bits per heavy atom. The van der Waals surface area contributed by atoms with Crippen LogP contribution in [0.4, 0.5) is 14.4 Å². The maximum Gasteiger partial charge on any atom is 0.514 e. The van der Waals surface area contributed by atoms with Gasteiger partial charge in [0.05, 0.1) is 28.9 Å². The molecular weight excluding hydrogens is 1460 g/mol. The molecule has 3 aliphatic heterocycles. The molecule has 40 heteroatoms. The van der Waals surface area contributed by atoms with Crippen molar-refractivity contribution >= 4 is 64.0 Å². The summed E-state index contributed by atoms with van der Waals surface area (Å²) in [4.78, 5) is 111. The molecule has 1 saturated carbocycles. The summed E-state index contributed by atoms with van der Waals surface area (Å²) in [5.41, 5.74) is 2.31. The molecule has 0 bridgehead atoms. The first-order valence-corrected chi connectivity index (χ1v) is 40.1. The summed E-state index contributed by atoms with van der Waals surface area (Å²) in [6.45, 7) is 11.0. The first-order valence-electron chi connectivity index (χ1n) is 30.7. The summed E-state index contributed by atoms with van der Waals surface area (Å²) >= 11 is 0. The molecule has 6 unspecified atom stereocenters. The van der Waals surface area contributed by atoms with E-state index >= 15 is 0 Å². The van der Waals surface area contributed by atoms with Crippen LogP contribution in [0.25, 0.3) is 0 Å². The van der Waals surface area contributed by atoms with Gasteiger partial charge in [0.1, 0.15) is 23.4 Å². The molecule has 9 N–H and O–H groups in total. The average molecular weight is 1530 g/mol. The van der Waals surface area contributed by atoms with Crippen LogP contribution >= 0.6 is 45.6 Å². The van der Waals surface area contributed by atoms with Gasteiger partial charge in [-0.1, -0.05) is 53.9 Å². The van der Waals surface area contributed by atoms with Crippen LogP contribution in [0.1, 0.15) is 129 Å². The van der Waals surface area contributed by atoms with Gasteiger partial charge in [0, 0.05) is 56.4 Å². The minimum absolute atomic E-state index is 0.0138. The van der Waals surface area contributed by atoms with Crippen LogP contribution in [-0.2, 0) is 92.7 Å². The fraction of sp³-hybridized carbons (Fsp3) is 0.410. The number of ether oxygens (including phenoxy) is 7. The van der Waals surface area contributed by atoms with Gasteiger partial charge in [-0.05, 0) is 151 Å². The van der Waals surface area contributed by atoms with E-state index in [4.69, 9.17) is 60.3 Å². The molecule has 3 aromatic carbocycles. The molecular formula is C61H75N3O31P6. The van der Waals surface area contributed by atoms with E-state index in [0.717, 1.165) is 32.1 Å².